The number of carbonyl (C=O) groups is 1. The summed E-state index contributed by atoms with van der Waals surface area (Å²) < 4.78 is 5.33. The van der Waals surface area contributed by atoms with E-state index in [0.29, 0.717) is 19.9 Å². The molecule has 0 bridgehead atoms. The van der Waals surface area contributed by atoms with Crippen LogP contribution in [0.3, 0.4) is 0 Å². The molecule has 0 radical (unpaired) electrons. The van der Waals surface area contributed by atoms with Gasteiger partial charge in [-0.2, -0.15) is 0 Å². The Hall–Kier alpha value is -0.610. The van der Waals surface area contributed by atoms with Gasteiger partial charge in [0.25, 0.3) is 0 Å². The third kappa shape index (κ3) is 3.18. The van der Waals surface area contributed by atoms with Crippen molar-refractivity contribution in [2.45, 2.75) is 45.7 Å². The Morgan fingerprint density at radius 3 is 2.93 bits per heavy atom. The van der Waals surface area contributed by atoms with Crippen LogP contribution in [-0.4, -0.2) is 42.8 Å². The summed E-state index contributed by atoms with van der Waals surface area (Å²) in [5.74, 6) is 0.226. The molecule has 0 spiro atoms. The van der Waals surface area contributed by atoms with Gasteiger partial charge in [-0.05, 0) is 20.3 Å². The summed E-state index contributed by atoms with van der Waals surface area (Å²) in [6, 6.07) is 0.200. The summed E-state index contributed by atoms with van der Waals surface area (Å²) >= 11 is 0. The summed E-state index contributed by atoms with van der Waals surface area (Å²) in [6.45, 7) is 8.10. The highest BCUT2D eigenvalue weighted by Gasteiger charge is 2.32. The average molecular weight is 214 g/mol. The lowest BCUT2D eigenvalue weighted by atomic mass is 10.1. The molecule has 4 nitrogen and oxygen atoms in total. The second kappa shape index (κ2) is 6.08. The molecule has 1 aliphatic rings. The first-order valence-corrected chi connectivity index (χ1v) is 5.82. The van der Waals surface area contributed by atoms with E-state index in [0.717, 1.165) is 12.8 Å². The molecule has 0 aromatic rings. The van der Waals surface area contributed by atoms with Crippen molar-refractivity contribution < 1.29 is 9.53 Å². The quantitative estimate of drug-likeness (QED) is 0.716. The molecular formula is C11H22N2O2. The molecule has 88 valence electrons. The molecule has 1 saturated heterocycles. The summed E-state index contributed by atoms with van der Waals surface area (Å²) in [4.78, 5) is 13.8. The summed E-state index contributed by atoms with van der Waals surface area (Å²) in [7, 11) is 0. The number of rotatable bonds is 6. The number of amides is 1. The van der Waals surface area contributed by atoms with Crippen molar-refractivity contribution in [3.05, 3.63) is 0 Å². The minimum absolute atomic E-state index is 0.0269. The van der Waals surface area contributed by atoms with Crippen molar-refractivity contribution >= 4 is 5.91 Å². The summed E-state index contributed by atoms with van der Waals surface area (Å²) in [5, 5.41) is 3.24. The summed E-state index contributed by atoms with van der Waals surface area (Å²) in [5.41, 5.74) is 0. The lowest BCUT2D eigenvalue weighted by Gasteiger charge is -2.23. The minimum Gasteiger partial charge on any atom is -0.380 e. The summed E-state index contributed by atoms with van der Waals surface area (Å²) in [6.07, 6.45) is 1.97. The van der Waals surface area contributed by atoms with E-state index in [1.807, 2.05) is 18.7 Å². The van der Waals surface area contributed by atoms with E-state index in [2.05, 4.69) is 12.2 Å². The van der Waals surface area contributed by atoms with E-state index in [9.17, 15) is 4.79 Å². The molecule has 1 amide bonds. The number of hydrogen-bond donors (Lipinski definition) is 1. The van der Waals surface area contributed by atoms with Crippen LogP contribution >= 0.6 is 0 Å². The van der Waals surface area contributed by atoms with E-state index in [-0.39, 0.29) is 18.0 Å². The second-order valence-electron chi connectivity index (χ2n) is 4.02. The highest BCUT2D eigenvalue weighted by Crippen LogP contribution is 2.12. The predicted octanol–water partition coefficient (Wildman–Crippen LogP) is 0.969. The molecule has 1 N–H and O–H groups in total. The number of nitrogens with zero attached hydrogens (tertiary/aromatic N) is 1. The smallest absolute Gasteiger partial charge is 0.241 e. The zero-order valence-electron chi connectivity index (χ0n) is 9.95. The first kappa shape index (κ1) is 12.5. The molecule has 2 atom stereocenters. The second-order valence-corrected chi connectivity index (χ2v) is 4.02. The SMILES string of the molecule is CCCC1NCN(C(C)COCC)C1=O. The third-order valence-corrected chi connectivity index (χ3v) is 2.76. The largest absolute Gasteiger partial charge is 0.380 e. The van der Waals surface area contributed by atoms with Gasteiger partial charge in [-0.15, -0.1) is 0 Å². The van der Waals surface area contributed by atoms with E-state index < -0.39 is 0 Å². The third-order valence-electron chi connectivity index (χ3n) is 2.76. The fourth-order valence-electron chi connectivity index (χ4n) is 1.84. The van der Waals surface area contributed by atoms with Crippen LogP contribution in [0, 0.1) is 0 Å². The standard InChI is InChI=1S/C11H22N2O2/c1-4-6-10-11(14)13(8-12-10)9(3)7-15-5-2/h9-10,12H,4-8H2,1-3H3. The molecule has 1 rings (SSSR count). The van der Waals surface area contributed by atoms with Crippen LogP contribution in [-0.2, 0) is 9.53 Å². The lowest BCUT2D eigenvalue weighted by molar-refractivity contribution is -0.131. The Balaban J connectivity index is 2.40. The highest BCUT2D eigenvalue weighted by atomic mass is 16.5. The molecule has 1 heterocycles. The van der Waals surface area contributed by atoms with Crippen molar-refractivity contribution in [2.75, 3.05) is 19.9 Å². The molecular weight excluding hydrogens is 192 g/mol. The number of nitrogens with one attached hydrogen (secondary N) is 1. The number of carbonyl (C=O) groups excluding carboxylic acids is 1. The zero-order valence-corrected chi connectivity index (χ0v) is 9.95. The van der Waals surface area contributed by atoms with Gasteiger partial charge in [0.15, 0.2) is 0 Å². The Kier molecular flexibility index (Phi) is 5.05. The molecule has 2 unspecified atom stereocenters. The van der Waals surface area contributed by atoms with Crippen LogP contribution in [0.2, 0.25) is 0 Å². The zero-order chi connectivity index (χ0) is 11.3. The van der Waals surface area contributed by atoms with Crippen LogP contribution in [0.1, 0.15) is 33.6 Å². The molecule has 0 aliphatic carbocycles. The molecule has 15 heavy (non-hydrogen) atoms. The molecule has 0 aromatic carbocycles. The van der Waals surface area contributed by atoms with Gasteiger partial charge in [0.05, 0.1) is 25.4 Å². The molecule has 1 fully saturated rings. The van der Waals surface area contributed by atoms with Crippen LogP contribution in [0.5, 0.6) is 0 Å². The average Bonchev–Trinajstić information content (AvgIpc) is 2.58. The van der Waals surface area contributed by atoms with E-state index in [4.69, 9.17) is 4.74 Å². The predicted molar refractivity (Wildman–Crippen MR) is 59.5 cm³/mol. The van der Waals surface area contributed by atoms with Gasteiger partial charge < -0.3 is 9.64 Å². The topological polar surface area (TPSA) is 41.6 Å². The Morgan fingerprint density at radius 1 is 1.60 bits per heavy atom. The van der Waals surface area contributed by atoms with Gasteiger partial charge in [0.2, 0.25) is 5.91 Å². The normalized spacial score (nSPS) is 23.5. The van der Waals surface area contributed by atoms with Gasteiger partial charge in [0, 0.05) is 6.61 Å². The Bertz CT molecular complexity index is 209. The monoisotopic (exact) mass is 214 g/mol. The maximum atomic E-state index is 11.9. The van der Waals surface area contributed by atoms with Crippen LogP contribution in [0.4, 0.5) is 0 Å². The van der Waals surface area contributed by atoms with E-state index in [1.54, 1.807) is 0 Å². The minimum atomic E-state index is 0.0269. The van der Waals surface area contributed by atoms with Crippen molar-refractivity contribution in [1.82, 2.24) is 10.2 Å². The lowest BCUT2D eigenvalue weighted by Crippen LogP contribution is -2.39. The van der Waals surface area contributed by atoms with Crippen molar-refractivity contribution in [1.29, 1.82) is 0 Å². The fraction of sp³-hybridized carbons (Fsp3) is 0.909. The van der Waals surface area contributed by atoms with E-state index in [1.165, 1.54) is 0 Å². The van der Waals surface area contributed by atoms with Gasteiger partial charge in [0.1, 0.15) is 0 Å². The van der Waals surface area contributed by atoms with Crippen LogP contribution in [0.25, 0.3) is 0 Å². The maximum absolute atomic E-state index is 11.9. The number of ether oxygens (including phenoxy) is 1. The van der Waals surface area contributed by atoms with Gasteiger partial charge >= 0.3 is 0 Å². The molecule has 0 aromatic heterocycles. The maximum Gasteiger partial charge on any atom is 0.241 e. The first-order valence-electron chi connectivity index (χ1n) is 5.82. The van der Waals surface area contributed by atoms with Crippen molar-refractivity contribution in [2.24, 2.45) is 0 Å². The van der Waals surface area contributed by atoms with Crippen LogP contribution in [0.15, 0.2) is 0 Å². The van der Waals surface area contributed by atoms with E-state index >= 15 is 0 Å². The van der Waals surface area contributed by atoms with Crippen molar-refractivity contribution in [3.8, 4) is 0 Å². The number of hydrogen-bond acceptors (Lipinski definition) is 3. The Labute approximate surface area is 92.0 Å². The molecule has 0 saturated carbocycles. The van der Waals surface area contributed by atoms with Gasteiger partial charge in [-0.25, -0.2) is 0 Å². The van der Waals surface area contributed by atoms with Crippen LogP contribution < -0.4 is 5.32 Å². The fourth-order valence-corrected chi connectivity index (χ4v) is 1.84. The Morgan fingerprint density at radius 2 is 2.33 bits per heavy atom. The van der Waals surface area contributed by atoms with Gasteiger partial charge in [-0.1, -0.05) is 13.3 Å². The molecule has 1 aliphatic heterocycles. The highest BCUT2D eigenvalue weighted by molar-refractivity contribution is 5.84. The van der Waals surface area contributed by atoms with Gasteiger partial charge in [-0.3, -0.25) is 10.1 Å². The molecule has 4 heteroatoms. The first-order chi connectivity index (χ1) is 7.20. The van der Waals surface area contributed by atoms with Crippen molar-refractivity contribution in [3.63, 3.8) is 0 Å².